The Morgan fingerprint density at radius 3 is 2.67 bits per heavy atom. The van der Waals surface area contributed by atoms with Crippen molar-refractivity contribution in [2.24, 2.45) is 5.92 Å². The molecule has 0 aromatic carbocycles. The molecular weight excluding hydrogens is 114 g/mol. The van der Waals surface area contributed by atoms with Gasteiger partial charge in [-0.15, -0.1) is 0 Å². The van der Waals surface area contributed by atoms with Gasteiger partial charge in [0, 0.05) is 0 Å². The topological polar surface area (TPSA) is 32.3 Å². The predicted octanol–water partition coefficient (Wildman–Crippen LogP) is 1.06. The fourth-order valence-corrected chi connectivity index (χ4v) is 1.17. The smallest absolute Gasteiger partial charge is 0.102 e. The Bertz CT molecular complexity index is 122. The Morgan fingerprint density at radius 2 is 2.44 bits per heavy atom. The number of hydrogen-bond donors (Lipinski definition) is 2. The second-order valence-corrected chi connectivity index (χ2v) is 2.79. The average Bonchev–Trinajstić information content (AvgIpc) is 2.14. The summed E-state index contributed by atoms with van der Waals surface area (Å²) in [6.45, 7) is 6.63. The summed E-state index contributed by atoms with van der Waals surface area (Å²) in [5.74, 6) is 0.957. The lowest BCUT2D eigenvalue weighted by Crippen LogP contribution is -2.22. The van der Waals surface area contributed by atoms with Crippen LogP contribution in [0, 0.1) is 5.92 Å². The first-order valence-corrected chi connectivity index (χ1v) is 3.31. The molecule has 2 N–H and O–H groups in total. The van der Waals surface area contributed by atoms with E-state index in [4.69, 9.17) is 5.11 Å². The Labute approximate surface area is 55.6 Å². The van der Waals surface area contributed by atoms with Crippen LogP contribution in [0.15, 0.2) is 12.3 Å². The highest BCUT2D eigenvalue weighted by atomic mass is 16.3. The lowest BCUT2D eigenvalue weighted by atomic mass is 10.1. The zero-order valence-electron chi connectivity index (χ0n) is 5.72. The molecule has 2 nitrogen and oxygen atoms in total. The van der Waals surface area contributed by atoms with Crippen LogP contribution in [0.2, 0.25) is 0 Å². The van der Waals surface area contributed by atoms with Gasteiger partial charge in [0.1, 0.15) is 5.76 Å². The van der Waals surface area contributed by atoms with Gasteiger partial charge in [-0.3, -0.25) is 0 Å². The maximum absolute atomic E-state index is 8.91. The molecule has 1 aliphatic rings. The molecule has 1 fully saturated rings. The molecule has 1 heterocycles. The maximum atomic E-state index is 8.91. The molecule has 9 heavy (non-hydrogen) atoms. The fraction of sp³-hybridized carbons (Fsp3) is 0.714. The number of nitrogens with one attached hydrogen (secondary N) is 1. The molecule has 0 aromatic rings. The third-order valence-electron chi connectivity index (χ3n) is 1.75. The summed E-state index contributed by atoms with van der Waals surface area (Å²) in [7, 11) is 0. The van der Waals surface area contributed by atoms with Gasteiger partial charge >= 0.3 is 0 Å². The first-order chi connectivity index (χ1) is 4.20. The van der Waals surface area contributed by atoms with Crippen molar-refractivity contribution in [1.82, 2.24) is 5.32 Å². The van der Waals surface area contributed by atoms with Gasteiger partial charge in [0.05, 0.1) is 6.04 Å². The molecule has 2 atom stereocenters. The number of rotatable bonds is 1. The minimum atomic E-state index is 0.153. The standard InChI is InChI=1S/C7H13NO/c1-5-3-7(6(2)9)8-4-5/h5,7-9H,2-4H2,1H3/t5-,7+/m1/s1. The highest BCUT2D eigenvalue weighted by Gasteiger charge is 2.21. The van der Waals surface area contributed by atoms with Gasteiger partial charge in [0.25, 0.3) is 0 Å². The van der Waals surface area contributed by atoms with Crippen LogP contribution in [0.3, 0.4) is 0 Å². The first kappa shape index (κ1) is 6.62. The molecule has 0 saturated carbocycles. The summed E-state index contributed by atoms with van der Waals surface area (Å²) in [6, 6.07) is 0.153. The molecular formula is C7H13NO. The average molecular weight is 127 g/mol. The van der Waals surface area contributed by atoms with Crippen LogP contribution in [-0.2, 0) is 0 Å². The Hall–Kier alpha value is -0.500. The van der Waals surface area contributed by atoms with Crippen LogP contribution >= 0.6 is 0 Å². The highest BCUT2D eigenvalue weighted by Crippen LogP contribution is 2.15. The normalized spacial score (nSPS) is 34.8. The van der Waals surface area contributed by atoms with Crippen molar-refractivity contribution < 1.29 is 5.11 Å². The molecule has 0 aliphatic carbocycles. The summed E-state index contributed by atoms with van der Waals surface area (Å²) in [5.41, 5.74) is 0. The van der Waals surface area contributed by atoms with E-state index in [1.807, 2.05) is 0 Å². The third-order valence-corrected chi connectivity index (χ3v) is 1.75. The van der Waals surface area contributed by atoms with Gasteiger partial charge in [-0.1, -0.05) is 13.5 Å². The summed E-state index contributed by atoms with van der Waals surface area (Å²) in [6.07, 6.45) is 1.02. The van der Waals surface area contributed by atoms with Gasteiger partial charge in [-0.2, -0.15) is 0 Å². The van der Waals surface area contributed by atoms with Crippen LogP contribution in [0.5, 0.6) is 0 Å². The lowest BCUT2D eigenvalue weighted by molar-refractivity contribution is 0.355. The SMILES string of the molecule is C=C(O)[C@@H]1C[C@@H](C)CN1. The monoisotopic (exact) mass is 127 g/mol. The molecule has 1 aliphatic heterocycles. The predicted molar refractivity (Wildman–Crippen MR) is 37.3 cm³/mol. The van der Waals surface area contributed by atoms with E-state index in [9.17, 15) is 0 Å². The second kappa shape index (κ2) is 2.40. The van der Waals surface area contributed by atoms with E-state index in [1.54, 1.807) is 0 Å². The molecule has 0 radical (unpaired) electrons. The van der Waals surface area contributed by atoms with Crippen LogP contribution < -0.4 is 5.32 Å². The van der Waals surface area contributed by atoms with Crippen LogP contribution in [0.1, 0.15) is 13.3 Å². The Kier molecular flexibility index (Phi) is 1.76. The molecule has 2 heteroatoms. The second-order valence-electron chi connectivity index (χ2n) is 2.79. The molecule has 52 valence electrons. The van der Waals surface area contributed by atoms with E-state index >= 15 is 0 Å². The largest absolute Gasteiger partial charge is 0.511 e. The lowest BCUT2D eigenvalue weighted by Gasteiger charge is -2.05. The molecule has 1 saturated heterocycles. The van der Waals surface area contributed by atoms with E-state index in [0.29, 0.717) is 5.92 Å². The highest BCUT2D eigenvalue weighted by molar-refractivity contribution is 4.98. The Balaban J connectivity index is 2.39. The Morgan fingerprint density at radius 1 is 1.78 bits per heavy atom. The van der Waals surface area contributed by atoms with E-state index in [1.165, 1.54) is 0 Å². The summed E-state index contributed by atoms with van der Waals surface area (Å²) in [4.78, 5) is 0. The van der Waals surface area contributed by atoms with Gasteiger partial charge in [-0.05, 0) is 18.9 Å². The van der Waals surface area contributed by atoms with Crippen molar-refractivity contribution in [3.05, 3.63) is 12.3 Å². The number of aliphatic hydroxyl groups excluding tert-OH is 1. The van der Waals surface area contributed by atoms with Crippen molar-refractivity contribution >= 4 is 0 Å². The fourth-order valence-electron chi connectivity index (χ4n) is 1.17. The van der Waals surface area contributed by atoms with E-state index in [2.05, 4.69) is 18.8 Å². The van der Waals surface area contributed by atoms with E-state index in [0.717, 1.165) is 13.0 Å². The quantitative estimate of drug-likeness (QED) is 0.516. The minimum Gasteiger partial charge on any atom is -0.511 e. The summed E-state index contributed by atoms with van der Waals surface area (Å²) >= 11 is 0. The molecule has 0 bridgehead atoms. The van der Waals surface area contributed by atoms with E-state index < -0.39 is 0 Å². The summed E-state index contributed by atoms with van der Waals surface area (Å²) in [5, 5.41) is 12.1. The maximum Gasteiger partial charge on any atom is 0.102 e. The van der Waals surface area contributed by atoms with Crippen molar-refractivity contribution in [2.45, 2.75) is 19.4 Å². The van der Waals surface area contributed by atoms with Gasteiger partial charge in [0.2, 0.25) is 0 Å². The van der Waals surface area contributed by atoms with Gasteiger partial charge in [-0.25, -0.2) is 0 Å². The van der Waals surface area contributed by atoms with E-state index in [-0.39, 0.29) is 11.8 Å². The number of hydrogen-bond acceptors (Lipinski definition) is 2. The minimum absolute atomic E-state index is 0.153. The molecule has 0 spiro atoms. The van der Waals surface area contributed by atoms with Crippen molar-refractivity contribution in [3.8, 4) is 0 Å². The first-order valence-electron chi connectivity index (χ1n) is 3.31. The van der Waals surface area contributed by atoms with Crippen LogP contribution in [0.25, 0.3) is 0 Å². The molecule has 0 amide bonds. The summed E-state index contributed by atoms with van der Waals surface area (Å²) < 4.78 is 0. The van der Waals surface area contributed by atoms with Crippen LogP contribution in [0.4, 0.5) is 0 Å². The molecule has 0 aromatic heterocycles. The van der Waals surface area contributed by atoms with Gasteiger partial charge in [0.15, 0.2) is 0 Å². The zero-order valence-corrected chi connectivity index (χ0v) is 5.72. The number of aliphatic hydroxyl groups is 1. The third kappa shape index (κ3) is 1.45. The molecule has 1 rings (SSSR count). The zero-order chi connectivity index (χ0) is 6.85. The van der Waals surface area contributed by atoms with Gasteiger partial charge < -0.3 is 10.4 Å². The van der Waals surface area contributed by atoms with Crippen LogP contribution in [-0.4, -0.2) is 17.7 Å². The van der Waals surface area contributed by atoms with Crippen molar-refractivity contribution in [2.75, 3.05) is 6.54 Å². The van der Waals surface area contributed by atoms with Crippen molar-refractivity contribution in [3.63, 3.8) is 0 Å². The molecule has 0 unspecified atom stereocenters. The van der Waals surface area contributed by atoms with Crippen molar-refractivity contribution in [1.29, 1.82) is 0 Å².